The first-order chi connectivity index (χ1) is 18.8. The number of carbonyl (C=O) groups is 3. The molecule has 4 aromatic carbocycles. The number of nitrogens with one attached hydrogen (secondary N) is 1. The van der Waals surface area contributed by atoms with Gasteiger partial charge in [-0.25, -0.2) is 9.69 Å². The van der Waals surface area contributed by atoms with E-state index in [2.05, 4.69) is 5.32 Å². The first kappa shape index (κ1) is 26.3. The molecule has 0 radical (unpaired) electrons. The van der Waals surface area contributed by atoms with Crippen LogP contribution < -0.4 is 19.7 Å². The van der Waals surface area contributed by atoms with E-state index in [1.165, 1.54) is 19.3 Å². The Morgan fingerprint density at radius 2 is 1.69 bits per heavy atom. The minimum Gasteiger partial charge on any atom is -0.493 e. The van der Waals surface area contributed by atoms with Gasteiger partial charge in [0.2, 0.25) is 0 Å². The van der Waals surface area contributed by atoms with Crippen LogP contribution in [0.5, 0.6) is 11.5 Å². The average molecular weight is 561 g/mol. The predicted octanol–water partition coefficient (Wildman–Crippen LogP) is 6.71. The van der Waals surface area contributed by atoms with Crippen LogP contribution >= 0.6 is 23.2 Å². The number of nitrogens with zero attached hydrogens (tertiary/aromatic N) is 1. The standard InChI is InChI=1S/C30H22Cl2N2O5/c1-17-10-11-21(15-24(17)31)34-29(36)23(28(35)33-30(34)37)12-18-13-25(32)27(26(14-18)38-2)39-16-20-8-5-7-19-6-3-4-9-22(19)20/h3-15H,16H2,1-2H3,(H,33,35,37)/b23-12-. The molecule has 4 aromatic rings. The number of imide groups is 2. The minimum atomic E-state index is -0.866. The second-order valence-corrected chi connectivity index (χ2v) is 9.67. The van der Waals surface area contributed by atoms with Crippen LogP contribution in [0.15, 0.2) is 78.4 Å². The molecule has 1 aliphatic rings. The maximum Gasteiger partial charge on any atom is 0.335 e. The van der Waals surface area contributed by atoms with E-state index in [0.29, 0.717) is 22.1 Å². The number of fused-ring (bicyclic) bond motifs is 1. The molecule has 0 aliphatic carbocycles. The van der Waals surface area contributed by atoms with Gasteiger partial charge in [0.15, 0.2) is 11.5 Å². The second kappa shape index (κ2) is 10.8. The summed E-state index contributed by atoms with van der Waals surface area (Å²) in [6.07, 6.45) is 1.34. The third kappa shape index (κ3) is 5.19. The first-order valence-corrected chi connectivity index (χ1v) is 12.7. The van der Waals surface area contributed by atoms with Crippen molar-refractivity contribution in [2.24, 2.45) is 0 Å². The van der Waals surface area contributed by atoms with Crippen molar-refractivity contribution >= 4 is 63.6 Å². The summed E-state index contributed by atoms with van der Waals surface area (Å²) in [6, 6.07) is 21.0. The van der Waals surface area contributed by atoms with Crippen LogP contribution in [-0.4, -0.2) is 25.0 Å². The Kier molecular flexibility index (Phi) is 7.28. The van der Waals surface area contributed by atoms with Crippen LogP contribution in [0.2, 0.25) is 10.0 Å². The fraction of sp³-hybridized carbons (Fsp3) is 0.100. The molecule has 9 heteroatoms. The first-order valence-electron chi connectivity index (χ1n) is 11.9. The van der Waals surface area contributed by atoms with E-state index < -0.39 is 17.8 Å². The van der Waals surface area contributed by atoms with Crippen LogP contribution in [0.1, 0.15) is 16.7 Å². The number of rotatable bonds is 6. The predicted molar refractivity (Wildman–Crippen MR) is 151 cm³/mol. The zero-order valence-electron chi connectivity index (χ0n) is 21.0. The summed E-state index contributed by atoms with van der Waals surface area (Å²) in [6.45, 7) is 2.04. The van der Waals surface area contributed by atoms with E-state index in [1.54, 1.807) is 31.2 Å². The largest absolute Gasteiger partial charge is 0.493 e. The Labute approximate surface area is 234 Å². The number of carbonyl (C=O) groups excluding carboxylic acids is 3. The number of hydrogen-bond acceptors (Lipinski definition) is 5. The molecule has 0 atom stereocenters. The molecule has 196 valence electrons. The monoisotopic (exact) mass is 560 g/mol. The second-order valence-electron chi connectivity index (χ2n) is 8.85. The Morgan fingerprint density at radius 3 is 2.46 bits per heavy atom. The summed E-state index contributed by atoms with van der Waals surface area (Å²) in [5, 5.41) is 4.96. The minimum absolute atomic E-state index is 0.225. The van der Waals surface area contributed by atoms with Crippen molar-refractivity contribution in [2.45, 2.75) is 13.5 Å². The number of anilines is 1. The molecule has 1 saturated heterocycles. The van der Waals surface area contributed by atoms with Gasteiger partial charge in [0.25, 0.3) is 11.8 Å². The number of urea groups is 1. The van der Waals surface area contributed by atoms with Crippen molar-refractivity contribution < 1.29 is 23.9 Å². The summed E-state index contributed by atoms with van der Waals surface area (Å²) in [7, 11) is 1.47. The van der Waals surface area contributed by atoms with E-state index in [0.717, 1.165) is 26.8 Å². The zero-order chi connectivity index (χ0) is 27.7. The summed E-state index contributed by atoms with van der Waals surface area (Å²) in [5.74, 6) is -0.989. The number of benzene rings is 4. The molecule has 1 N–H and O–H groups in total. The molecular weight excluding hydrogens is 539 g/mol. The van der Waals surface area contributed by atoms with Crippen molar-refractivity contribution in [1.29, 1.82) is 0 Å². The number of methoxy groups -OCH3 is 1. The highest BCUT2D eigenvalue weighted by Crippen LogP contribution is 2.38. The highest BCUT2D eigenvalue weighted by Gasteiger charge is 2.37. The molecule has 4 amide bonds. The van der Waals surface area contributed by atoms with Crippen molar-refractivity contribution in [3.8, 4) is 11.5 Å². The molecule has 0 aromatic heterocycles. The summed E-state index contributed by atoms with van der Waals surface area (Å²) < 4.78 is 11.6. The van der Waals surface area contributed by atoms with E-state index in [-0.39, 0.29) is 22.9 Å². The van der Waals surface area contributed by atoms with Crippen LogP contribution in [0.4, 0.5) is 10.5 Å². The van der Waals surface area contributed by atoms with Crippen molar-refractivity contribution in [3.63, 3.8) is 0 Å². The molecule has 0 saturated carbocycles. The van der Waals surface area contributed by atoms with Crippen molar-refractivity contribution in [1.82, 2.24) is 5.32 Å². The fourth-order valence-corrected chi connectivity index (χ4v) is 4.76. The highest BCUT2D eigenvalue weighted by atomic mass is 35.5. The van der Waals surface area contributed by atoms with E-state index in [9.17, 15) is 14.4 Å². The lowest BCUT2D eigenvalue weighted by atomic mass is 10.1. The molecule has 1 aliphatic heterocycles. The number of aryl methyl sites for hydroxylation is 1. The van der Waals surface area contributed by atoms with Gasteiger partial charge in [-0.1, -0.05) is 71.7 Å². The molecule has 5 rings (SSSR count). The van der Waals surface area contributed by atoms with Crippen LogP contribution in [0.25, 0.3) is 16.8 Å². The number of amides is 4. The Bertz CT molecular complexity index is 1680. The van der Waals surface area contributed by atoms with Gasteiger partial charge in [0.1, 0.15) is 12.2 Å². The lowest BCUT2D eigenvalue weighted by Crippen LogP contribution is -2.54. The van der Waals surface area contributed by atoms with Crippen molar-refractivity contribution in [2.75, 3.05) is 12.0 Å². The van der Waals surface area contributed by atoms with Gasteiger partial charge in [-0.15, -0.1) is 0 Å². The van der Waals surface area contributed by atoms with Gasteiger partial charge in [0.05, 0.1) is 17.8 Å². The lowest BCUT2D eigenvalue weighted by molar-refractivity contribution is -0.122. The Balaban J connectivity index is 1.45. The molecule has 0 bridgehead atoms. The third-order valence-electron chi connectivity index (χ3n) is 6.33. The molecule has 1 heterocycles. The lowest BCUT2D eigenvalue weighted by Gasteiger charge is -2.26. The van der Waals surface area contributed by atoms with Crippen LogP contribution in [0, 0.1) is 6.92 Å². The fourth-order valence-electron chi connectivity index (χ4n) is 4.31. The summed E-state index contributed by atoms with van der Waals surface area (Å²) in [5.41, 5.74) is 2.14. The van der Waals surface area contributed by atoms with E-state index >= 15 is 0 Å². The number of hydrogen-bond donors (Lipinski definition) is 1. The van der Waals surface area contributed by atoms with Gasteiger partial charge in [-0.05, 0) is 64.7 Å². The van der Waals surface area contributed by atoms with Crippen LogP contribution in [0.3, 0.4) is 0 Å². The smallest absolute Gasteiger partial charge is 0.335 e. The van der Waals surface area contributed by atoms with Gasteiger partial charge in [-0.3, -0.25) is 14.9 Å². The number of ether oxygens (including phenoxy) is 2. The number of barbiturate groups is 1. The van der Waals surface area contributed by atoms with Gasteiger partial charge in [0, 0.05) is 5.02 Å². The Morgan fingerprint density at radius 1 is 0.923 bits per heavy atom. The third-order valence-corrected chi connectivity index (χ3v) is 7.02. The molecule has 7 nitrogen and oxygen atoms in total. The topological polar surface area (TPSA) is 84.9 Å². The van der Waals surface area contributed by atoms with Gasteiger partial charge >= 0.3 is 6.03 Å². The molecule has 1 fully saturated rings. The highest BCUT2D eigenvalue weighted by molar-refractivity contribution is 6.39. The average Bonchev–Trinajstić information content (AvgIpc) is 2.92. The normalized spacial score (nSPS) is 14.6. The maximum absolute atomic E-state index is 13.3. The van der Waals surface area contributed by atoms with E-state index in [1.807, 2.05) is 42.5 Å². The molecule has 0 spiro atoms. The quantitative estimate of drug-likeness (QED) is 0.209. The molecular formula is C30H22Cl2N2O5. The maximum atomic E-state index is 13.3. The van der Waals surface area contributed by atoms with E-state index in [4.69, 9.17) is 32.7 Å². The summed E-state index contributed by atoms with van der Waals surface area (Å²) >= 11 is 12.8. The zero-order valence-corrected chi connectivity index (χ0v) is 22.5. The molecule has 39 heavy (non-hydrogen) atoms. The Hall–Kier alpha value is -4.33. The molecule has 0 unspecified atom stereocenters. The van der Waals surface area contributed by atoms with Gasteiger partial charge < -0.3 is 9.47 Å². The van der Waals surface area contributed by atoms with Crippen LogP contribution in [-0.2, 0) is 16.2 Å². The van der Waals surface area contributed by atoms with Crippen molar-refractivity contribution in [3.05, 3.63) is 105 Å². The summed E-state index contributed by atoms with van der Waals surface area (Å²) in [4.78, 5) is 39.3. The SMILES string of the molecule is COc1cc(/C=C2/C(=O)NC(=O)N(c3ccc(C)c(Cl)c3)C2=O)cc(Cl)c1OCc1cccc2ccccc12. The number of halogens is 2. The van der Waals surface area contributed by atoms with Gasteiger partial charge in [-0.2, -0.15) is 0 Å².